The van der Waals surface area contributed by atoms with Crippen LogP contribution in [0, 0.1) is 5.92 Å². The molecular formula is C18H22N4O3. The number of methoxy groups -OCH3 is 1. The highest BCUT2D eigenvalue weighted by atomic mass is 16.5. The van der Waals surface area contributed by atoms with Crippen molar-refractivity contribution in [3.63, 3.8) is 0 Å². The fourth-order valence-electron chi connectivity index (χ4n) is 2.94. The summed E-state index contributed by atoms with van der Waals surface area (Å²) in [5, 5.41) is 7.41. The molecule has 0 saturated heterocycles. The number of rotatable bonds is 7. The molecule has 1 aromatic heterocycles. The van der Waals surface area contributed by atoms with Gasteiger partial charge in [-0.3, -0.25) is 9.36 Å². The Morgan fingerprint density at radius 2 is 1.96 bits per heavy atom. The Labute approximate surface area is 145 Å². The van der Waals surface area contributed by atoms with E-state index in [2.05, 4.69) is 10.4 Å². The van der Waals surface area contributed by atoms with E-state index in [1.807, 2.05) is 24.3 Å². The number of carbonyl (C=O) groups excluding carboxylic acids is 1. The van der Waals surface area contributed by atoms with Crippen LogP contribution < -0.4 is 15.7 Å². The van der Waals surface area contributed by atoms with Crippen molar-refractivity contribution in [1.82, 2.24) is 19.7 Å². The van der Waals surface area contributed by atoms with Gasteiger partial charge in [0.05, 0.1) is 13.7 Å². The molecule has 0 spiro atoms. The average Bonchev–Trinajstić information content (AvgIpc) is 3.54. The predicted molar refractivity (Wildman–Crippen MR) is 92.5 cm³/mol. The Kier molecular flexibility index (Phi) is 4.07. The monoisotopic (exact) mass is 342 g/mol. The van der Waals surface area contributed by atoms with Crippen LogP contribution in [0.15, 0.2) is 29.1 Å². The smallest absolute Gasteiger partial charge is 0.346 e. The molecule has 2 aromatic rings. The fraction of sp³-hybridized carbons (Fsp3) is 0.500. The van der Waals surface area contributed by atoms with Crippen molar-refractivity contribution in [2.45, 2.75) is 38.3 Å². The van der Waals surface area contributed by atoms with Crippen LogP contribution in [0.4, 0.5) is 0 Å². The highest BCUT2D eigenvalue weighted by Gasteiger charge is 2.31. The second kappa shape index (κ2) is 6.38. The molecule has 2 aliphatic rings. The normalized spacial score (nSPS) is 16.7. The molecule has 25 heavy (non-hydrogen) atoms. The van der Waals surface area contributed by atoms with Gasteiger partial charge in [0.15, 0.2) is 5.82 Å². The highest BCUT2D eigenvalue weighted by molar-refractivity contribution is 5.80. The van der Waals surface area contributed by atoms with E-state index in [0.29, 0.717) is 18.9 Å². The van der Waals surface area contributed by atoms with E-state index in [0.717, 1.165) is 37.0 Å². The summed E-state index contributed by atoms with van der Waals surface area (Å²) in [6, 6.07) is 7.80. The third-order valence-corrected chi connectivity index (χ3v) is 4.70. The van der Waals surface area contributed by atoms with E-state index in [9.17, 15) is 9.59 Å². The van der Waals surface area contributed by atoms with E-state index >= 15 is 0 Å². The summed E-state index contributed by atoms with van der Waals surface area (Å²) in [7, 11) is 1.62. The largest absolute Gasteiger partial charge is 0.497 e. The van der Waals surface area contributed by atoms with Gasteiger partial charge in [-0.2, -0.15) is 0 Å². The van der Waals surface area contributed by atoms with Crippen LogP contribution in [0.5, 0.6) is 5.75 Å². The Balaban J connectivity index is 1.55. The van der Waals surface area contributed by atoms with Gasteiger partial charge in [0, 0.05) is 24.1 Å². The first-order valence-corrected chi connectivity index (χ1v) is 8.79. The fourth-order valence-corrected chi connectivity index (χ4v) is 2.94. The Morgan fingerprint density at radius 1 is 1.24 bits per heavy atom. The Hall–Kier alpha value is -2.57. The number of ether oxygens (including phenoxy) is 1. The van der Waals surface area contributed by atoms with Crippen LogP contribution in [0.1, 0.15) is 31.7 Å². The van der Waals surface area contributed by atoms with Crippen molar-refractivity contribution in [3.05, 3.63) is 34.7 Å². The molecule has 1 heterocycles. The molecule has 1 aromatic carbocycles. The average molecular weight is 342 g/mol. The maximum atomic E-state index is 12.7. The number of carbonyl (C=O) groups is 1. The first-order chi connectivity index (χ1) is 12.2. The van der Waals surface area contributed by atoms with Gasteiger partial charge in [0.1, 0.15) is 5.75 Å². The molecule has 7 nitrogen and oxygen atoms in total. The van der Waals surface area contributed by atoms with Gasteiger partial charge in [0.2, 0.25) is 5.91 Å². The van der Waals surface area contributed by atoms with Gasteiger partial charge in [0.25, 0.3) is 0 Å². The molecule has 0 bridgehead atoms. The van der Waals surface area contributed by atoms with Gasteiger partial charge in [-0.1, -0.05) is 0 Å². The number of hydrogen-bond acceptors (Lipinski definition) is 4. The molecule has 0 atom stereocenters. The van der Waals surface area contributed by atoms with Crippen molar-refractivity contribution < 1.29 is 9.53 Å². The summed E-state index contributed by atoms with van der Waals surface area (Å²) in [5.41, 5.74) is 0.791. The van der Waals surface area contributed by atoms with Crippen molar-refractivity contribution >= 4 is 5.91 Å². The molecule has 1 N–H and O–H groups in total. The zero-order valence-electron chi connectivity index (χ0n) is 14.3. The molecule has 4 rings (SSSR count). The van der Waals surface area contributed by atoms with Crippen molar-refractivity contribution in [3.8, 4) is 17.1 Å². The molecule has 7 heteroatoms. The first kappa shape index (κ1) is 15.9. The molecule has 2 aliphatic carbocycles. The summed E-state index contributed by atoms with van der Waals surface area (Å²) in [5.74, 6) is 1.72. The number of aromatic nitrogens is 3. The topological polar surface area (TPSA) is 78.2 Å². The second-order valence-electron chi connectivity index (χ2n) is 6.72. The lowest BCUT2D eigenvalue weighted by Gasteiger charge is -2.04. The summed E-state index contributed by atoms with van der Waals surface area (Å²) in [4.78, 5) is 24.4. The second-order valence-corrected chi connectivity index (χ2v) is 6.72. The quantitative estimate of drug-likeness (QED) is 0.829. The lowest BCUT2D eigenvalue weighted by Crippen LogP contribution is -2.32. The van der Waals surface area contributed by atoms with Gasteiger partial charge in [-0.25, -0.2) is 9.48 Å². The van der Waals surface area contributed by atoms with Gasteiger partial charge in [-0.05, 0) is 49.9 Å². The first-order valence-electron chi connectivity index (χ1n) is 8.79. The van der Waals surface area contributed by atoms with Gasteiger partial charge < -0.3 is 10.1 Å². The number of benzene rings is 1. The van der Waals surface area contributed by atoms with E-state index in [1.54, 1.807) is 11.7 Å². The molecule has 0 radical (unpaired) electrons. The SMILES string of the molecule is COc1ccc(-c2nn(CCNC(=O)C3CC3)c(=O)n2C2CC2)cc1. The van der Waals surface area contributed by atoms with Crippen molar-refractivity contribution in [2.24, 2.45) is 5.92 Å². The van der Waals surface area contributed by atoms with Crippen LogP contribution >= 0.6 is 0 Å². The van der Waals surface area contributed by atoms with Gasteiger partial charge in [-0.15, -0.1) is 5.10 Å². The van der Waals surface area contributed by atoms with Crippen LogP contribution in [0.25, 0.3) is 11.4 Å². The molecular weight excluding hydrogens is 320 g/mol. The lowest BCUT2D eigenvalue weighted by atomic mass is 10.2. The zero-order chi connectivity index (χ0) is 17.4. The molecule has 132 valence electrons. The molecule has 1 amide bonds. The van der Waals surface area contributed by atoms with Crippen molar-refractivity contribution in [2.75, 3.05) is 13.7 Å². The molecule has 2 fully saturated rings. The molecule has 0 unspecified atom stereocenters. The number of hydrogen-bond donors (Lipinski definition) is 1. The van der Waals surface area contributed by atoms with Crippen LogP contribution in [0.3, 0.4) is 0 Å². The van der Waals surface area contributed by atoms with Crippen LogP contribution in [-0.4, -0.2) is 33.9 Å². The van der Waals surface area contributed by atoms with Crippen molar-refractivity contribution in [1.29, 1.82) is 0 Å². The zero-order valence-corrected chi connectivity index (χ0v) is 14.3. The number of nitrogens with one attached hydrogen (secondary N) is 1. The third-order valence-electron chi connectivity index (χ3n) is 4.70. The molecule has 0 aliphatic heterocycles. The summed E-state index contributed by atoms with van der Waals surface area (Å²) >= 11 is 0. The number of amides is 1. The maximum Gasteiger partial charge on any atom is 0.346 e. The molecule has 2 saturated carbocycles. The summed E-state index contributed by atoms with van der Waals surface area (Å²) in [6.45, 7) is 0.819. The summed E-state index contributed by atoms with van der Waals surface area (Å²) < 4.78 is 8.44. The Morgan fingerprint density at radius 3 is 2.56 bits per heavy atom. The van der Waals surface area contributed by atoms with Crippen LogP contribution in [-0.2, 0) is 11.3 Å². The third kappa shape index (κ3) is 3.31. The standard InChI is InChI=1S/C18H22N4O3/c1-25-15-8-4-12(5-9-15)16-20-21(18(24)22(16)14-6-7-14)11-10-19-17(23)13-2-3-13/h4-5,8-9,13-14H,2-3,6-7,10-11H2,1H3,(H,19,23). The summed E-state index contributed by atoms with van der Waals surface area (Å²) in [6.07, 6.45) is 3.97. The van der Waals surface area contributed by atoms with E-state index in [4.69, 9.17) is 4.74 Å². The Bertz CT molecular complexity index is 829. The minimum atomic E-state index is -0.103. The van der Waals surface area contributed by atoms with E-state index in [-0.39, 0.29) is 23.6 Å². The highest BCUT2D eigenvalue weighted by Crippen LogP contribution is 2.36. The lowest BCUT2D eigenvalue weighted by molar-refractivity contribution is -0.122. The minimum absolute atomic E-state index is 0.0880. The number of nitrogens with zero attached hydrogens (tertiary/aromatic N) is 3. The van der Waals surface area contributed by atoms with E-state index in [1.165, 1.54) is 4.68 Å². The minimum Gasteiger partial charge on any atom is -0.497 e. The van der Waals surface area contributed by atoms with Crippen LogP contribution in [0.2, 0.25) is 0 Å². The maximum absolute atomic E-state index is 12.7. The van der Waals surface area contributed by atoms with E-state index < -0.39 is 0 Å². The van der Waals surface area contributed by atoms with Gasteiger partial charge >= 0.3 is 5.69 Å². The predicted octanol–water partition coefficient (Wildman–Crippen LogP) is 1.58.